The number of para-hydroxylation sites is 1. The maximum atomic E-state index is 15.1. The molecule has 0 fully saturated rings. The van der Waals surface area contributed by atoms with Crippen LogP contribution in [0.3, 0.4) is 0 Å². The monoisotopic (exact) mass is 571 g/mol. The van der Waals surface area contributed by atoms with Gasteiger partial charge in [0, 0.05) is 32.7 Å². The van der Waals surface area contributed by atoms with Crippen LogP contribution in [-0.2, 0) is 15.3 Å². The Balaban J connectivity index is 1.55. The van der Waals surface area contributed by atoms with Crippen LogP contribution in [0.15, 0.2) is 144 Å². The zero-order valence-electron chi connectivity index (χ0n) is 22.1. The van der Waals surface area contributed by atoms with Crippen LogP contribution in [0.1, 0.15) is 33.9 Å². The molecule has 2 atom stereocenters. The van der Waals surface area contributed by atoms with E-state index >= 15 is 4.79 Å². The SMILES string of the molecule is O=C1C(c2ccccc2)=C(c2ccccc2)O[C@@]2(c3ccc(Cl)cc3)C[C@H](c3ccccc3)Sc3ccccc3N12. The van der Waals surface area contributed by atoms with Gasteiger partial charge in [-0.15, -0.1) is 11.8 Å². The van der Waals surface area contributed by atoms with Crippen LogP contribution < -0.4 is 4.90 Å². The van der Waals surface area contributed by atoms with Gasteiger partial charge in [-0.25, -0.2) is 0 Å². The second-order valence-electron chi connectivity index (χ2n) is 10.2. The molecule has 0 aromatic heterocycles. The summed E-state index contributed by atoms with van der Waals surface area (Å²) in [6, 6.07) is 46.1. The number of hydrogen-bond donors (Lipinski definition) is 0. The summed E-state index contributed by atoms with van der Waals surface area (Å²) in [5, 5.41) is 0.645. The fraction of sp³-hybridized carbons (Fsp3) is 0.0833. The maximum absolute atomic E-state index is 15.1. The molecule has 41 heavy (non-hydrogen) atoms. The summed E-state index contributed by atoms with van der Waals surface area (Å²) in [5.74, 6) is 0.474. The van der Waals surface area contributed by atoms with Crippen LogP contribution in [0.5, 0.6) is 0 Å². The van der Waals surface area contributed by atoms with E-state index in [4.69, 9.17) is 16.3 Å². The van der Waals surface area contributed by atoms with E-state index in [0.717, 1.165) is 27.3 Å². The van der Waals surface area contributed by atoms with Crippen LogP contribution in [0, 0.1) is 0 Å². The number of ether oxygens (including phenoxy) is 1. The molecule has 0 bridgehead atoms. The molecule has 0 unspecified atom stereocenters. The maximum Gasteiger partial charge on any atom is 0.266 e. The molecule has 200 valence electrons. The van der Waals surface area contributed by atoms with Gasteiger partial charge in [0.25, 0.3) is 5.91 Å². The minimum Gasteiger partial charge on any atom is -0.462 e. The minimum absolute atomic E-state index is 0.0149. The number of fused-ring (bicyclic) bond motifs is 3. The van der Waals surface area contributed by atoms with Crippen molar-refractivity contribution in [2.24, 2.45) is 0 Å². The lowest BCUT2D eigenvalue weighted by Gasteiger charge is -2.48. The summed E-state index contributed by atoms with van der Waals surface area (Å²) in [7, 11) is 0. The topological polar surface area (TPSA) is 29.5 Å². The Morgan fingerprint density at radius 2 is 1.29 bits per heavy atom. The highest BCUT2D eigenvalue weighted by Gasteiger charge is 2.54. The van der Waals surface area contributed by atoms with Gasteiger partial charge in [0.2, 0.25) is 5.72 Å². The van der Waals surface area contributed by atoms with E-state index in [9.17, 15) is 0 Å². The summed E-state index contributed by atoms with van der Waals surface area (Å²) in [4.78, 5) is 18.0. The van der Waals surface area contributed by atoms with Crippen molar-refractivity contribution in [3.63, 3.8) is 0 Å². The zero-order chi connectivity index (χ0) is 27.8. The lowest BCUT2D eigenvalue weighted by atomic mass is 9.87. The summed E-state index contributed by atoms with van der Waals surface area (Å²) >= 11 is 8.15. The molecule has 0 N–H and O–H groups in total. The molecule has 0 spiro atoms. The third-order valence-electron chi connectivity index (χ3n) is 7.68. The molecule has 5 heteroatoms. The van der Waals surface area contributed by atoms with Gasteiger partial charge in [0.15, 0.2) is 0 Å². The van der Waals surface area contributed by atoms with Crippen molar-refractivity contribution in [3.05, 3.63) is 167 Å². The number of anilines is 1. The number of rotatable bonds is 4. The largest absolute Gasteiger partial charge is 0.462 e. The number of hydrogen-bond acceptors (Lipinski definition) is 3. The van der Waals surface area contributed by atoms with Crippen molar-refractivity contribution in [2.45, 2.75) is 22.3 Å². The first-order valence-electron chi connectivity index (χ1n) is 13.6. The second-order valence-corrected chi connectivity index (χ2v) is 11.8. The molecule has 2 heterocycles. The Morgan fingerprint density at radius 3 is 1.98 bits per heavy atom. The standard InChI is InChI=1S/C36H26ClNO2S/c37-29-22-20-28(21-23-29)36-24-32(25-12-4-1-5-13-25)41-31-19-11-10-18-30(31)38(36)35(39)33(26-14-6-2-7-15-26)34(40-36)27-16-8-3-9-17-27/h1-23,32H,24H2/t32-,36-/m1/s1. The zero-order valence-corrected chi connectivity index (χ0v) is 23.7. The van der Waals surface area contributed by atoms with Crippen LogP contribution >= 0.6 is 23.4 Å². The van der Waals surface area contributed by atoms with E-state index in [2.05, 4.69) is 30.3 Å². The van der Waals surface area contributed by atoms with E-state index in [-0.39, 0.29) is 11.2 Å². The summed E-state index contributed by atoms with van der Waals surface area (Å²) in [6.07, 6.45) is 0.530. The molecule has 2 aliphatic heterocycles. The van der Waals surface area contributed by atoms with Crippen molar-refractivity contribution in [2.75, 3.05) is 4.90 Å². The first kappa shape index (κ1) is 25.7. The summed E-state index contributed by atoms with van der Waals surface area (Å²) < 4.78 is 7.34. The van der Waals surface area contributed by atoms with Gasteiger partial charge >= 0.3 is 0 Å². The lowest BCUT2D eigenvalue weighted by Crippen LogP contribution is -2.55. The van der Waals surface area contributed by atoms with Gasteiger partial charge in [0.05, 0.1) is 11.3 Å². The number of benzene rings is 5. The molecular weight excluding hydrogens is 546 g/mol. The molecule has 0 saturated carbocycles. The lowest BCUT2D eigenvalue weighted by molar-refractivity contribution is -0.120. The molecule has 0 radical (unpaired) electrons. The number of halogens is 1. The van der Waals surface area contributed by atoms with Gasteiger partial charge in [-0.3, -0.25) is 9.69 Å². The van der Waals surface area contributed by atoms with E-state index in [1.165, 1.54) is 5.56 Å². The van der Waals surface area contributed by atoms with Crippen molar-refractivity contribution in [1.29, 1.82) is 0 Å². The highest BCUT2D eigenvalue weighted by Crippen LogP contribution is 2.58. The Morgan fingerprint density at radius 1 is 0.707 bits per heavy atom. The molecule has 3 nitrogen and oxygen atoms in total. The minimum atomic E-state index is -1.13. The number of carbonyl (C=O) groups excluding carboxylic acids is 1. The molecule has 1 amide bonds. The molecule has 7 rings (SSSR count). The van der Waals surface area contributed by atoms with Crippen LogP contribution in [0.4, 0.5) is 5.69 Å². The Hall–Kier alpha value is -4.25. The Labute approximate surface area is 249 Å². The Bertz CT molecular complexity index is 1740. The average Bonchev–Trinajstić information content (AvgIpc) is 3.18. The second kappa shape index (κ2) is 10.6. The van der Waals surface area contributed by atoms with E-state index in [1.54, 1.807) is 11.8 Å². The molecule has 5 aromatic rings. The number of amides is 1. The van der Waals surface area contributed by atoms with Crippen LogP contribution in [-0.4, -0.2) is 5.91 Å². The highest BCUT2D eigenvalue weighted by molar-refractivity contribution is 7.99. The smallest absolute Gasteiger partial charge is 0.266 e. The number of thioether (sulfide) groups is 1. The van der Waals surface area contributed by atoms with Gasteiger partial charge in [-0.2, -0.15) is 0 Å². The third kappa shape index (κ3) is 4.54. The quantitative estimate of drug-likeness (QED) is 0.215. The van der Waals surface area contributed by atoms with Gasteiger partial charge in [0.1, 0.15) is 5.76 Å². The number of nitrogens with zero attached hydrogens (tertiary/aromatic N) is 1. The normalized spacial score (nSPS) is 20.1. The molecule has 0 aliphatic carbocycles. The van der Waals surface area contributed by atoms with Gasteiger partial charge < -0.3 is 4.74 Å². The molecule has 0 saturated heterocycles. The third-order valence-corrected chi connectivity index (χ3v) is 9.25. The Kier molecular flexibility index (Phi) is 6.66. The number of carbonyl (C=O) groups is 1. The first-order valence-corrected chi connectivity index (χ1v) is 14.9. The van der Waals surface area contributed by atoms with E-state index < -0.39 is 5.72 Å². The summed E-state index contributed by atoms with van der Waals surface area (Å²) in [6.45, 7) is 0. The van der Waals surface area contributed by atoms with Gasteiger partial charge in [-0.05, 0) is 35.4 Å². The molecule has 5 aromatic carbocycles. The molecular formula is C36H26ClNO2S. The van der Waals surface area contributed by atoms with Crippen molar-refractivity contribution in [1.82, 2.24) is 0 Å². The van der Waals surface area contributed by atoms with Crippen LogP contribution in [0.2, 0.25) is 5.02 Å². The van der Waals surface area contributed by atoms with Crippen molar-refractivity contribution >= 4 is 46.3 Å². The molecule has 2 aliphatic rings. The predicted molar refractivity (Wildman–Crippen MR) is 167 cm³/mol. The fourth-order valence-corrected chi connectivity index (χ4v) is 7.26. The van der Waals surface area contributed by atoms with Crippen molar-refractivity contribution in [3.8, 4) is 0 Å². The predicted octanol–water partition coefficient (Wildman–Crippen LogP) is 9.36. The summed E-state index contributed by atoms with van der Waals surface area (Å²) in [5.41, 5.74) is 3.96. The van der Waals surface area contributed by atoms with Crippen molar-refractivity contribution < 1.29 is 9.53 Å². The van der Waals surface area contributed by atoms with Gasteiger partial charge in [-0.1, -0.05) is 127 Å². The average molecular weight is 572 g/mol. The first-order chi connectivity index (χ1) is 20.1. The van der Waals surface area contributed by atoms with E-state index in [1.807, 2.05) is 114 Å². The van der Waals surface area contributed by atoms with E-state index in [0.29, 0.717) is 22.8 Å². The fourth-order valence-electron chi connectivity index (χ4n) is 5.79. The highest BCUT2D eigenvalue weighted by atomic mass is 35.5. The van der Waals surface area contributed by atoms with Crippen LogP contribution in [0.25, 0.3) is 11.3 Å².